The van der Waals surface area contributed by atoms with Crippen molar-refractivity contribution in [2.75, 3.05) is 5.32 Å². The number of carbonyl (C=O) groups is 1. The Kier molecular flexibility index (Phi) is 4.67. The summed E-state index contributed by atoms with van der Waals surface area (Å²) in [4.78, 5) is 29.6. The van der Waals surface area contributed by atoms with E-state index in [4.69, 9.17) is 11.6 Å². The molecule has 0 saturated carbocycles. The highest BCUT2D eigenvalue weighted by atomic mass is 35.5. The molecular weight excluding hydrogens is 380 g/mol. The number of halogens is 1. The third-order valence-corrected chi connectivity index (χ3v) is 4.86. The van der Waals surface area contributed by atoms with E-state index in [1.807, 2.05) is 30.3 Å². The maximum Gasteiger partial charge on any atom is 0.289 e. The van der Waals surface area contributed by atoms with E-state index >= 15 is 0 Å². The van der Waals surface area contributed by atoms with Gasteiger partial charge in [-0.25, -0.2) is 0 Å². The number of nitro benzene ring substituents is 1. The monoisotopic (exact) mass is 394 g/mol. The number of anilines is 1. The second-order valence-corrected chi connectivity index (χ2v) is 6.73. The second-order valence-electron chi connectivity index (χ2n) is 6.33. The number of nitrogens with one attached hydrogen (secondary N) is 1. The fourth-order valence-corrected chi connectivity index (χ4v) is 3.41. The van der Waals surface area contributed by atoms with Gasteiger partial charge in [0, 0.05) is 24.5 Å². The molecule has 140 valence electrons. The maximum atomic E-state index is 12.9. The summed E-state index contributed by atoms with van der Waals surface area (Å²) < 4.78 is 0. The Balaban J connectivity index is 1.70. The molecule has 1 aliphatic heterocycles. The predicted molar refractivity (Wildman–Crippen MR) is 105 cm³/mol. The Morgan fingerprint density at radius 3 is 2.68 bits per heavy atom. The van der Waals surface area contributed by atoms with E-state index in [2.05, 4.69) is 10.3 Å². The lowest BCUT2D eigenvalue weighted by molar-refractivity contribution is -0.384. The zero-order valence-corrected chi connectivity index (χ0v) is 15.3. The molecule has 8 heteroatoms. The molecule has 0 aliphatic carbocycles. The molecule has 1 N–H and O–H groups in total. The van der Waals surface area contributed by atoms with Crippen molar-refractivity contribution in [2.24, 2.45) is 0 Å². The van der Waals surface area contributed by atoms with Crippen molar-refractivity contribution in [1.82, 2.24) is 9.88 Å². The Labute approximate surface area is 165 Å². The number of carbonyl (C=O) groups excluding carboxylic acids is 1. The predicted octanol–water partition coefficient (Wildman–Crippen LogP) is 4.41. The lowest BCUT2D eigenvalue weighted by Gasteiger charge is -2.26. The van der Waals surface area contributed by atoms with E-state index in [9.17, 15) is 14.9 Å². The van der Waals surface area contributed by atoms with Crippen molar-refractivity contribution in [2.45, 2.75) is 12.7 Å². The van der Waals surface area contributed by atoms with Crippen LogP contribution in [0.5, 0.6) is 0 Å². The molecule has 4 rings (SSSR count). The minimum atomic E-state index is -0.551. The van der Waals surface area contributed by atoms with Crippen LogP contribution in [0.2, 0.25) is 5.02 Å². The van der Waals surface area contributed by atoms with Gasteiger partial charge in [0.05, 0.1) is 16.2 Å². The number of hydrogen-bond acceptors (Lipinski definition) is 5. The second kappa shape index (κ2) is 7.28. The highest BCUT2D eigenvalue weighted by Crippen LogP contribution is 2.36. The van der Waals surface area contributed by atoms with Gasteiger partial charge in [-0.15, -0.1) is 0 Å². The van der Waals surface area contributed by atoms with Crippen LogP contribution in [0.15, 0.2) is 66.9 Å². The molecule has 1 aliphatic rings. The van der Waals surface area contributed by atoms with Crippen molar-refractivity contribution in [3.05, 3.63) is 98.8 Å². The highest BCUT2D eigenvalue weighted by molar-refractivity contribution is 6.32. The summed E-state index contributed by atoms with van der Waals surface area (Å²) in [6.45, 7) is 0.378. The number of amides is 1. The summed E-state index contributed by atoms with van der Waals surface area (Å²) in [6, 6.07) is 17.5. The topological polar surface area (TPSA) is 88.4 Å². The minimum absolute atomic E-state index is 0.0534. The third kappa shape index (κ3) is 3.27. The van der Waals surface area contributed by atoms with Crippen LogP contribution in [-0.2, 0) is 6.54 Å². The lowest BCUT2D eigenvalue weighted by Crippen LogP contribution is -2.32. The first-order valence-electron chi connectivity index (χ1n) is 8.55. The smallest absolute Gasteiger partial charge is 0.289 e. The number of fused-ring (bicyclic) bond motifs is 1. The van der Waals surface area contributed by atoms with Crippen molar-refractivity contribution < 1.29 is 9.72 Å². The van der Waals surface area contributed by atoms with E-state index in [1.165, 1.54) is 12.1 Å². The molecule has 28 heavy (non-hydrogen) atoms. The number of nitrogens with zero attached hydrogens (tertiary/aromatic N) is 3. The maximum absolute atomic E-state index is 12.9. The Hall–Kier alpha value is -3.45. The molecule has 2 aromatic carbocycles. The molecule has 1 amide bonds. The molecule has 2 heterocycles. The van der Waals surface area contributed by atoms with Crippen molar-refractivity contribution in [3.8, 4) is 0 Å². The first-order chi connectivity index (χ1) is 13.5. The molecule has 3 aromatic rings. The summed E-state index contributed by atoms with van der Waals surface area (Å²) in [5.74, 6) is -0.145. The highest BCUT2D eigenvalue weighted by Gasteiger charge is 2.38. The van der Waals surface area contributed by atoms with Gasteiger partial charge >= 0.3 is 0 Å². The standard InChI is InChI=1S/C20H15ClN4O3/c21-16-9-8-14(11-17(16)25(27)28)23-19-18-15(7-4-10-22-18)20(26)24(19)12-13-5-2-1-3-6-13/h1-11,19,23H,12H2. The van der Waals surface area contributed by atoms with Crippen molar-refractivity contribution in [3.63, 3.8) is 0 Å². The number of aromatic nitrogens is 1. The number of nitro groups is 1. The van der Waals surface area contributed by atoms with E-state index in [1.54, 1.807) is 29.3 Å². The van der Waals surface area contributed by atoms with Crippen LogP contribution in [0.4, 0.5) is 11.4 Å². The molecule has 0 saturated heterocycles. The molecule has 7 nitrogen and oxygen atoms in total. The van der Waals surface area contributed by atoms with Gasteiger partial charge in [0.1, 0.15) is 11.2 Å². The van der Waals surface area contributed by atoms with Gasteiger partial charge in [-0.1, -0.05) is 41.9 Å². The van der Waals surface area contributed by atoms with E-state index < -0.39 is 11.1 Å². The van der Waals surface area contributed by atoms with Crippen LogP contribution < -0.4 is 5.32 Å². The van der Waals surface area contributed by atoms with Crippen LogP contribution in [-0.4, -0.2) is 20.7 Å². The molecule has 0 spiro atoms. The zero-order valence-electron chi connectivity index (χ0n) is 14.6. The summed E-state index contributed by atoms with van der Waals surface area (Å²) in [5.41, 5.74) is 2.34. The van der Waals surface area contributed by atoms with Crippen LogP contribution in [0.1, 0.15) is 27.8 Å². The zero-order chi connectivity index (χ0) is 19.7. The summed E-state index contributed by atoms with van der Waals surface area (Å²) in [6.07, 6.45) is 1.07. The SMILES string of the molecule is O=C1c2cccnc2C(Nc2ccc(Cl)c([N+](=O)[O-])c2)N1Cc1ccccc1. The Bertz CT molecular complexity index is 1060. The fourth-order valence-electron chi connectivity index (χ4n) is 3.23. The average molecular weight is 395 g/mol. The molecule has 0 radical (unpaired) electrons. The molecule has 0 fully saturated rings. The van der Waals surface area contributed by atoms with Gasteiger partial charge in [-0.2, -0.15) is 0 Å². The van der Waals surface area contributed by atoms with Crippen molar-refractivity contribution in [1.29, 1.82) is 0 Å². The van der Waals surface area contributed by atoms with Crippen LogP contribution >= 0.6 is 11.6 Å². The largest absolute Gasteiger partial charge is 0.360 e. The van der Waals surface area contributed by atoms with Gasteiger partial charge in [-0.05, 0) is 29.8 Å². The summed E-state index contributed by atoms with van der Waals surface area (Å²) in [5, 5.41) is 14.4. The van der Waals surface area contributed by atoms with Gasteiger partial charge in [0.2, 0.25) is 0 Å². The molecule has 0 bridgehead atoms. The van der Waals surface area contributed by atoms with Gasteiger partial charge in [0.15, 0.2) is 0 Å². The lowest BCUT2D eigenvalue weighted by atomic mass is 10.2. The molecule has 1 unspecified atom stereocenters. The number of pyridine rings is 1. The van der Waals surface area contributed by atoms with Crippen LogP contribution in [0.25, 0.3) is 0 Å². The van der Waals surface area contributed by atoms with E-state index in [0.717, 1.165) is 5.56 Å². The van der Waals surface area contributed by atoms with E-state index in [0.29, 0.717) is 23.5 Å². The molecule has 1 aromatic heterocycles. The first kappa shape index (κ1) is 17.9. The minimum Gasteiger partial charge on any atom is -0.360 e. The Morgan fingerprint density at radius 2 is 1.93 bits per heavy atom. The molecular formula is C20H15ClN4O3. The van der Waals surface area contributed by atoms with Crippen LogP contribution in [0.3, 0.4) is 0 Å². The first-order valence-corrected chi connectivity index (χ1v) is 8.92. The normalized spacial score (nSPS) is 15.4. The summed E-state index contributed by atoms with van der Waals surface area (Å²) in [7, 11) is 0. The Morgan fingerprint density at radius 1 is 1.14 bits per heavy atom. The van der Waals surface area contributed by atoms with Crippen molar-refractivity contribution >= 4 is 28.9 Å². The number of benzene rings is 2. The van der Waals surface area contributed by atoms with E-state index in [-0.39, 0.29) is 16.6 Å². The van der Waals surface area contributed by atoms with Gasteiger partial charge < -0.3 is 10.2 Å². The molecule has 1 atom stereocenters. The fraction of sp³-hybridized carbons (Fsp3) is 0.100. The van der Waals surface area contributed by atoms with Crippen LogP contribution in [0, 0.1) is 10.1 Å². The number of rotatable bonds is 5. The average Bonchev–Trinajstić information content (AvgIpc) is 2.96. The number of hydrogen-bond donors (Lipinski definition) is 1. The summed E-state index contributed by atoms with van der Waals surface area (Å²) >= 11 is 5.90. The van der Waals surface area contributed by atoms with Gasteiger partial charge in [0.25, 0.3) is 11.6 Å². The quantitative estimate of drug-likeness (QED) is 0.511. The van der Waals surface area contributed by atoms with Gasteiger partial charge in [-0.3, -0.25) is 19.9 Å². The third-order valence-electron chi connectivity index (χ3n) is 4.54.